The van der Waals surface area contributed by atoms with Crippen molar-refractivity contribution in [1.82, 2.24) is 5.32 Å². The van der Waals surface area contributed by atoms with E-state index < -0.39 is 12.0 Å². The molecule has 14 heavy (non-hydrogen) atoms. The van der Waals surface area contributed by atoms with Crippen LogP contribution in [0.25, 0.3) is 0 Å². The van der Waals surface area contributed by atoms with Crippen molar-refractivity contribution >= 4 is 5.91 Å². The fraction of sp³-hybridized carbons (Fsp3) is 0.500. The van der Waals surface area contributed by atoms with Crippen molar-refractivity contribution in [3.8, 4) is 12.3 Å². The third kappa shape index (κ3) is 4.65. The van der Waals surface area contributed by atoms with Gasteiger partial charge in [0.2, 0.25) is 0 Å². The summed E-state index contributed by atoms with van der Waals surface area (Å²) in [5, 5.41) is 12.0. The number of amides is 1. The van der Waals surface area contributed by atoms with Crippen LogP contribution in [0.4, 0.5) is 0 Å². The minimum atomic E-state index is -1.09. The van der Waals surface area contributed by atoms with Crippen LogP contribution in [-0.2, 0) is 4.79 Å². The monoisotopic (exact) mass is 197 g/mol. The molecule has 0 aromatic heterocycles. The first-order valence-electron chi connectivity index (χ1n) is 4.46. The van der Waals surface area contributed by atoms with Crippen LogP contribution < -0.4 is 11.1 Å². The largest absolute Gasteiger partial charge is 0.378 e. The topological polar surface area (TPSA) is 77.0 Å². The van der Waals surface area contributed by atoms with E-state index in [0.29, 0.717) is 19.4 Å². The van der Waals surface area contributed by atoms with Gasteiger partial charge in [0.05, 0.1) is 0 Å². The highest BCUT2D eigenvalue weighted by atomic mass is 16.3. The molecule has 0 unspecified atom stereocenters. The van der Waals surface area contributed by atoms with Crippen molar-refractivity contribution in [2.24, 2.45) is 0 Å². The molecule has 0 saturated heterocycles. The Morgan fingerprint density at radius 1 is 1.79 bits per heavy atom. The number of carbonyl (C=O) groups excluding carboxylic acids is 1. The second-order valence-corrected chi connectivity index (χ2v) is 2.98. The summed E-state index contributed by atoms with van der Waals surface area (Å²) < 4.78 is 0. The van der Waals surface area contributed by atoms with Crippen LogP contribution in [0.5, 0.6) is 0 Å². The summed E-state index contributed by atoms with van der Waals surface area (Å²) in [6, 6.07) is -0.365. The van der Waals surface area contributed by atoms with Crippen molar-refractivity contribution in [2.75, 3.05) is 6.54 Å². The van der Waals surface area contributed by atoms with Crippen LogP contribution in [0.3, 0.4) is 0 Å². The molecule has 0 aliphatic carbocycles. The van der Waals surface area contributed by atoms with E-state index in [-0.39, 0.29) is 6.04 Å². The Labute approximate surface area is 84.2 Å². The third-order valence-corrected chi connectivity index (χ3v) is 1.80. The van der Waals surface area contributed by atoms with Gasteiger partial charge in [-0.1, -0.05) is 6.08 Å². The summed E-state index contributed by atoms with van der Waals surface area (Å²) >= 11 is 0. The van der Waals surface area contributed by atoms with Crippen LogP contribution in [0.1, 0.15) is 12.8 Å². The first-order valence-corrected chi connectivity index (χ1v) is 4.46. The Bertz CT molecular complexity index is 233. The number of rotatable bonds is 6. The van der Waals surface area contributed by atoms with Crippen molar-refractivity contribution in [2.45, 2.75) is 25.0 Å². The predicted molar refractivity (Wildman–Crippen MR) is 54.0 cm³/mol. The quantitative estimate of drug-likeness (QED) is 0.364. The Morgan fingerprint density at radius 3 is 2.93 bits per heavy atom. The first kappa shape index (κ1) is 12.7. The molecule has 0 saturated carbocycles. The summed E-state index contributed by atoms with van der Waals surface area (Å²) in [5.74, 6) is 2.01. The lowest BCUT2D eigenvalue weighted by atomic mass is 10.1. The summed E-state index contributed by atoms with van der Waals surface area (Å²) in [4.78, 5) is 11.2. The maximum absolute atomic E-state index is 11.2. The average Bonchev–Trinajstić information content (AvgIpc) is 2.21. The van der Waals surface area contributed by atoms with E-state index in [1.165, 1.54) is 0 Å². The predicted octanol–water partition coefficient (Wildman–Crippen LogP) is -1.33. The van der Waals surface area contributed by atoms with Gasteiger partial charge in [0.25, 0.3) is 5.91 Å². The molecule has 4 nitrogen and oxygen atoms in total. The van der Waals surface area contributed by atoms with Gasteiger partial charge in [-0.15, -0.1) is 18.9 Å². The fourth-order valence-electron chi connectivity index (χ4n) is 0.918. The number of hydrogen-bond acceptors (Lipinski definition) is 2. The Morgan fingerprint density at radius 2 is 2.43 bits per heavy atom. The maximum Gasteiger partial charge on any atom is 0.255 e. The van der Waals surface area contributed by atoms with E-state index in [1.807, 2.05) is 0 Å². The van der Waals surface area contributed by atoms with E-state index in [9.17, 15) is 9.90 Å². The molecule has 2 atom stereocenters. The molecule has 0 aliphatic heterocycles. The van der Waals surface area contributed by atoms with E-state index >= 15 is 0 Å². The number of carbonyl (C=O) groups is 1. The van der Waals surface area contributed by atoms with Crippen LogP contribution in [-0.4, -0.2) is 29.7 Å². The molecular weight excluding hydrogens is 180 g/mol. The molecule has 4 heteroatoms. The van der Waals surface area contributed by atoms with E-state index in [2.05, 4.69) is 23.5 Å². The Balaban J connectivity index is 3.91. The molecule has 0 radical (unpaired) electrons. The van der Waals surface area contributed by atoms with Gasteiger partial charge in [-0.2, -0.15) is 0 Å². The molecule has 0 fully saturated rings. The zero-order valence-electron chi connectivity index (χ0n) is 8.20. The zero-order valence-corrected chi connectivity index (χ0v) is 8.20. The van der Waals surface area contributed by atoms with Crippen LogP contribution in [0, 0.1) is 12.3 Å². The smallest absolute Gasteiger partial charge is 0.255 e. The van der Waals surface area contributed by atoms with Gasteiger partial charge in [0.1, 0.15) is 6.04 Å². The Kier molecular flexibility index (Phi) is 6.46. The Hall–Kier alpha value is -1.31. The molecule has 0 spiro atoms. The highest BCUT2D eigenvalue weighted by Gasteiger charge is 2.24. The molecule has 0 bridgehead atoms. The molecule has 0 aliphatic rings. The SMILES string of the molecule is C#CCC[C@H]([NH3+])[C@H](O)C(=O)NCC=C. The second kappa shape index (κ2) is 7.13. The second-order valence-electron chi connectivity index (χ2n) is 2.98. The molecule has 0 aromatic carbocycles. The first-order chi connectivity index (χ1) is 6.63. The third-order valence-electron chi connectivity index (χ3n) is 1.80. The van der Waals surface area contributed by atoms with Crippen LogP contribution in [0.2, 0.25) is 0 Å². The number of aliphatic hydroxyl groups excluding tert-OH is 1. The highest BCUT2D eigenvalue weighted by molar-refractivity contribution is 5.81. The highest BCUT2D eigenvalue weighted by Crippen LogP contribution is 1.97. The van der Waals surface area contributed by atoms with Gasteiger partial charge in [-0.3, -0.25) is 4.79 Å². The summed E-state index contributed by atoms with van der Waals surface area (Å²) in [6.45, 7) is 3.79. The molecule has 5 N–H and O–H groups in total. The van der Waals surface area contributed by atoms with Gasteiger partial charge in [-0.05, 0) is 0 Å². The van der Waals surface area contributed by atoms with Crippen LogP contribution >= 0.6 is 0 Å². The van der Waals surface area contributed by atoms with Gasteiger partial charge in [0, 0.05) is 19.4 Å². The lowest BCUT2D eigenvalue weighted by Crippen LogP contribution is -2.68. The van der Waals surface area contributed by atoms with Crippen molar-refractivity contribution in [1.29, 1.82) is 0 Å². The minimum Gasteiger partial charge on any atom is -0.378 e. The lowest BCUT2D eigenvalue weighted by molar-refractivity contribution is -0.434. The minimum absolute atomic E-state index is 0.345. The lowest BCUT2D eigenvalue weighted by Gasteiger charge is -2.13. The van der Waals surface area contributed by atoms with Gasteiger partial charge < -0.3 is 16.2 Å². The van der Waals surface area contributed by atoms with E-state index in [1.54, 1.807) is 6.08 Å². The average molecular weight is 197 g/mol. The molecule has 0 heterocycles. The molecule has 0 aromatic rings. The number of nitrogens with one attached hydrogen (secondary N) is 1. The van der Waals surface area contributed by atoms with E-state index in [0.717, 1.165) is 0 Å². The van der Waals surface area contributed by atoms with Gasteiger partial charge >= 0.3 is 0 Å². The summed E-state index contributed by atoms with van der Waals surface area (Å²) in [6.07, 6.45) is 6.57. The molecule has 1 amide bonds. The number of aliphatic hydroxyl groups is 1. The summed E-state index contributed by atoms with van der Waals surface area (Å²) in [7, 11) is 0. The molecule has 78 valence electrons. The number of hydrogen-bond donors (Lipinski definition) is 3. The number of quaternary nitrogens is 1. The van der Waals surface area contributed by atoms with Crippen molar-refractivity contribution in [3.63, 3.8) is 0 Å². The summed E-state index contributed by atoms with van der Waals surface area (Å²) in [5.41, 5.74) is 3.67. The van der Waals surface area contributed by atoms with Crippen molar-refractivity contribution in [3.05, 3.63) is 12.7 Å². The van der Waals surface area contributed by atoms with Crippen LogP contribution in [0.15, 0.2) is 12.7 Å². The fourth-order valence-corrected chi connectivity index (χ4v) is 0.918. The standard InChI is InChI=1S/C10H16N2O2/c1-3-5-6-8(11)9(13)10(14)12-7-4-2/h1,4,8-9,13H,2,5-7,11H2,(H,12,14)/p+1/t8-,9-/m0/s1. The number of terminal acetylenes is 1. The van der Waals surface area contributed by atoms with Gasteiger partial charge in [0.15, 0.2) is 6.10 Å². The molecule has 0 rings (SSSR count). The molecular formula is C10H17N2O2+. The zero-order chi connectivity index (χ0) is 11.0. The van der Waals surface area contributed by atoms with Crippen molar-refractivity contribution < 1.29 is 15.6 Å². The van der Waals surface area contributed by atoms with E-state index in [4.69, 9.17) is 6.42 Å². The van der Waals surface area contributed by atoms with Gasteiger partial charge in [-0.25, -0.2) is 0 Å². The normalized spacial score (nSPS) is 13.8. The maximum atomic E-state index is 11.2.